The standard InChI is InChI=1S/C10H6Cl2N2O3/c11-5-1-2-8(7(12)3-5)14-9(15)6(4-13-14)10(16)17/h1-4,6H,(H,16,17). The van der Waals surface area contributed by atoms with Crippen molar-refractivity contribution in [3.63, 3.8) is 0 Å². The topological polar surface area (TPSA) is 70.0 Å². The van der Waals surface area contributed by atoms with Crippen molar-refractivity contribution < 1.29 is 14.7 Å². The number of carbonyl (C=O) groups is 2. The normalized spacial score (nSPS) is 18.8. The van der Waals surface area contributed by atoms with E-state index in [1.54, 1.807) is 6.07 Å². The third-order valence-electron chi connectivity index (χ3n) is 2.21. The summed E-state index contributed by atoms with van der Waals surface area (Å²) < 4.78 is 0. The van der Waals surface area contributed by atoms with Crippen LogP contribution >= 0.6 is 23.2 Å². The number of nitrogens with zero attached hydrogens (tertiary/aromatic N) is 2. The van der Waals surface area contributed by atoms with Gasteiger partial charge >= 0.3 is 5.97 Å². The molecule has 7 heteroatoms. The van der Waals surface area contributed by atoms with Crippen molar-refractivity contribution in [2.75, 3.05) is 5.01 Å². The van der Waals surface area contributed by atoms with Crippen molar-refractivity contribution >= 4 is 47.0 Å². The number of benzene rings is 1. The zero-order valence-electron chi connectivity index (χ0n) is 8.30. The first-order valence-electron chi connectivity index (χ1n) is 4.56. The van der Waals surface area contributed by atoms with Crippen LogP contribution in [0.25, 0.3) is 0 Å². The maximum atomic E-state index is 11.7. The number of rotatable bonds is 2. The lowest BCUT2D eigenvalue weighted by molar-refractivity contribution is -0.142. The summed E-state index contributed by atoms with van der Waals surface area (Å²) in [5.74, 6) is -3.16. The van der Waals surface area contributed by atoms with E-state index in [0.717, 1.165) is 11.2 Å². The van der Waals surface area contributed by atoms with Crippen LogP contribution in [0.15, 0.2) is 23.3 Å². The molecule has 0 saturated carbocycles. The molecule has 17 heavy (non-hydrogen) atoms. The molecule has 5 nitrogen and oxygen atoms in total. The number of carbonyl (C=O) groups excluding carboxylic acids is 1. The third kappa shape index (κ3) is 2.11. The lowest BCUT2D eigenvalue weighted by atomic mass is 10.1. The zero-order valence-corrected chi connectivity index (χ0v) is 9.81. The molecule has 1 atom stereocenters. The highest BCUT2D eigenvalue weighted by Crippen LogP contribution is 2.31. The van der Waals surface area contributed by atoms with Crippen LogP contribution in [0.4, 0.5) is 5.69 Å². The second-order valence-electron chi connectivity index (χ2n) is 3.33. The van der Waals surface area contributed by atoms with Gasteiger partial charge in [-0.05, 0) is 18.2 Å². The lowest BCUT2D eigenvalue weighted by Crippen LogP contribution is -2.30. The Morgan fingerprint density at radius 2 is 2.12 bits per heavy atom. The molecule has 2 rings (SSSR count). The van der Waals surface area contributed by atoms with Gasteiger partial charge in [-0.25, -0.2) is 0 Å². The molecule has 1 unspecified atom stereocenters. The number of hydrogen-bond donors (Lipinski definition) is 1. The van der Waals surface area contributed by atoms with Crippen molar-refractivity contribution in [2.24, 2.45) is 11.0 Å². The number of carboxylic acid groups (broad SMARTS) is 1. The fourth-order valence-corrected chi connectivity index (χ4v) is 1.88. The molecule has 0 radical (unpaired) electrons. The molecule has 1 aliphatic heterocycles. The van der Waals surface area contributed by atoms with E-state index < -0.39 is 17.8 Å². The molecule has 1 heterocycles. The van der Waals surface area contributed by atoms with E-state index >= 15 is 0 Å². The van der Waals surface area contributed by atoms with Gasteiger partial charge in [-0.3, -0.25) is 9.59 Å². The van der Waals surface area contributed by atoms with Crippen LogP contribution in [0.1, 0.15) is 0 Å². The minimum Gasteiger partial charge on any atom is -0.480 e. The fraction of sp³-hybridized carbons (Fsp3) is 0.100. The van der Waals surface area contributed by atoms with Gasteiger partial charge in [0.15, 0.2) is 5.92 Å². The summed E-state index contributed by atoms with van der Waals surface area (Å²) >= 11 is 11.6. The van der Waals surface area contributed by atoms with Gasteiger partial charge in [0.25, 0.3) is 5.91 Å². The molecular formula is C10H6Cl2N2O3. The Morgan fingerprint density at radius 3 is 2.65 bits per heavy atom. The SMILES string of the molecule is O=C(O)C1C=NN(c2ccc(Cl)cc2Cl)C1=O. The second kappa shape index (κ2) is 4.35. The van der Waals surface area contributed by atoms with Gasteiger partial charge in [-0.15, -0.1) is 0 Å². The summed E-state index contributed by atoms with van der Waals surface area (Å²) in [6, 6.07) is 4.50. The molecule has 1 amide bonds. The van der Waals surface area contributed by atoms with Crippen molar-refractivity contribution in [1.82, 2.24) is 0 Å². The number of amides is 1. The maximum absolute atomic E-state index is 11.7. The van der Waals surface area contributed by atoms with Gasteiger partial charge in [-0.1, -0.05) is 23.2 Å². The highest BCUT2D eigenvalue weighted by molar-refractivity contribution is 6.37. The molecular weight excluding hydrogens is 267 g/mol. The third-order valence-corrected chi connectivity index (χ3v) is 2.75. The second-order valence-corrected chi connectivity index (χ2v) is 4.17. The van der Waals surface area contributed by atoms with Gasteiger partial charge in [-0.2, -0.15) is 10.1 Å². The molecule has 1 aromatic carbocycles. The van der Waals surface area contributed by atoms with Crippen LogP contribution in [0.3, 0.4) is 0 Å². The van der Waals surface area contributed by atoms with Gasteiger partial charge in [0, 0.05) is 11.2 Å². The summed E-state index contributed by atoms with van der Waals surface area (Å²) in [7, 11) is 0. The Labute approximate surface area is 106 Å². The molecule has 0 aliphatic carbocycles. The molecule has 0 saturated heterocycles. The van der Waals surface area contributed by atoms with Crippen LogP contribution in [-0.4, -0.2) is 23.2 Å². The summed E-state index contributed by atoms with van der Waals surface area (Å²) in [5.41, 5.74) is 0.307. The Kier molecular flexibility index (Phi) is 3.04. The van der Waals surface area contributed by atoms with Crippen molar-refractivity contribution in [2.45, 2.75) is 0 Å². The average Bonchev–Trinajstić information content (AvgIpc) is 2.60. The summed E-state index contributed by atoms with van der Waals surface area (Å²) in [6.45, 7) is 0. The Morgan fingerprint density at radius 1 is 1.41 bits per heavy atom. The van der Waals surface area contributed by atoms with Crippen molar-refractivity contribution in [3.8, 4) is 0 Å². The van der Waals surface area contributed by atoms with Gasteiger partial charge < -0.3 is 5.11 Å². The van der Waals surface area contributed by atoms with Gasteiger partial charge in [0.1, 0.15) is 0 Å². The van der Waals surface area contributed by atoms with Crippen LogP contribution in [0.2, 0.25) is 10.0 Å². The highest BCUT2D eigenvalue weighted by atomic mass is 35.5. The molecule has 1 aromatic rings. The monoisotopic (exact) mass is 272 g/mol. The minimum atomic E-state index is -1.26. The lowest BCUT2D eigenvalue weighted by Gasteiger charge is -2.14. The smallest absolute Gasteiger partial charge is 0.321 e. The molecule has 88 valence electrons. The number of anilines is 1. The molecule has 0 fully saturated rings. The van der Waals surface area contributed by atoms with E-state index in [2.05, 4.69) is 5.10 Å². The largest absolute Gasteiger partial charge is 0.480 e. The molecule has 0 bridgehead atoms. The first-order chi connectivity index (χ1) is 8.00. The van der Waals surface area contributed by atoms with E-state index in [0.29, 0.717) is 10.7 Å². The van der Waals surface area contributed by atoms with E-state index in [1.807, 2.05) is 0 Å². The Bertz CT molecular complexity index is 530. The van der Waals surface area contributed by atoms with Gasteiger partial charge in [0.2, 0.25) is 0 Å². The molecule has 1 N–H and O–H groups in total. The number of carboxylic acids is 1. The summed E-state index contributed by atoms with van der Waals surface area (Å²) in [5, 5.41) is 14.1. The Hall–Kier alpha value is -1.59. The number of aliphatic carboxylic acids is 1. The molecule has 0 aromatic heterocycles. The first kappa shape index (κ1) is 11.9. The Balaban J connectivity index is 2.34. The molecule has 1 aliphatic rings. The first-order valence-corrected chi connectivity index (χ1v) is 5.32. The zero-order chi connectivity index (χ0) is 12.6. The number of hydrazone groups is 1. The highest BCUT2D eigenvalue weighted by Gasteiger charge is 2.35. The quantitative estimate of drug-likeness (QED) is 0.838. The van der Waals surface area contributed by atoms with Crippen LogP contribution in [-0.2, 0) is 9.59 Å². The average molecular weight is 273 g/mol. The van der Waals surface area contributed by atoms with Crippen LogP contribution in [0.5, 0.6) is 0 Å². The number of halogens is 2. The summed E-state index contributed by atoms with van der Waals surface area (Å²) in [6.07, 6.45) is 1.07. The number of hydrogen-bond acceptors (Lipinski definition) is 3. The molecule has 0 spiro atoms. The van der Waals surface area contributed by atoms with Crippen molar-refractivity contribution in [1.29, 1.82) is 0 Å². The predicted molar refractivity (Wildman–Crippen MR) is 63.6 cm³/mol. The van der Waals surface area contributed by atoms with Gasteiger partial charge in [0.05, 0.1) is 10.7 Å². The van der Waals surface area contributed by atoms with Crippen LogP contribution in [0, 0.1) is 5.92 Å². The maximum Gasteiger partial charge on any atom is 0.321 e. The van der Waals surface area contributed by atoms with E-state index in [4.69, 9.17) is 28.3 Å². The predicted octanol–water partition coefficient (Wildman–Crippen LogP) is 2.03. The van der Waals surface area contributed by atoms with Crippen LogP contribution < -0.4 is 5.01 Å². The fourth-order valence-electron chi connectivity index (χ4n) is 1.39. The van der Waals surface area contributed by atoms with E-state index in [9.17, 15) is 9.59 Å². The van der Waals surface area contributed by atoms with E-state index in [-0.39, 0.29) is 5.02 Å². The van der Waals surface area contributed by atoms with Crippen molar-refractivity contribution in [3.05, 3.63) is 28.2 Å². The summed E-state index contributed by atoms with van der Waals surface area (Å²) in [4.78, 5) is 22.4. The van der Waals surface area contributed by atoms with E-state index in [1.165, 1.54) is 12.1 Å². The minimum absolute atomic E-state index is 0.231.